The van der Waals surface area contributed by atoms with Crippen LogP contribution in [0.3, 0.4) is 0 Å². The minimum absolute atomic E-state index is 0.0356. The molecule has 21 heavy (non-hydrogen) atoms. The van der Waals surface area contributed by atoms with Crippen LogP contribution in [0.5, 0.6) is 0 Å². The Morgan fingerprint density at radius 2 is 2.10 bits per heavy atom. The van der Waals surface area contributed by atoms with Crippen LogP contribution in [-0.2, 0) is 4.79 Å². The summed E-state index contributed by atoms with van der Waals surface area (Å²) >= 11 is 5.87. The summed E-state index contributed by atoms with van der Waals surface area (Å²) in [6.45, 7) is 0. The van der Waals surface area contributed by atoms with E-state index < -0.39 is 34.4 Å². The fourth-order valence-electron chi connectivity index (χ4n) is 2.56. The lowest BCUT2D eigenvalue weighted by atomic mass is 10.0. The van der Waals surface area contributed by atoms with Gasteiger partial charge in [0.1, 0.15) is 5.56 Å². The van der Waals surface area contributed by atoms with E-state index in [0.29, 0.717) is 19.3 Å². The normalized spacial score (nSPS) is 21.0. The van der Waals surface area contributed by atoms with Gasteiger partial charge in [-0.1, -0.05) is 24.1 Å². The molecule has 2 atom stereocenters. The van der Waals surface area contributed by atoms with Crippen molar-refractivity contribution in [2.75, 3.05) is 0 Å². The van der Waals surface area contributed by atoms with Gasteiger partial charge in [-0.15, -0.1) is 0 Å². The number of hydrogen-bond acceptors (Lipinski definition) is 4. The highest BCUT2D eigenvalue weighted by atomic mass is 35.5. The number of aliphatic carboxylic acids is 1. The maximum absolute atomic E-state index is 12.2. The van der Waals surface area contributed by atoms with Crippen LogP contribution in [0.15, 0.2) is 18.2 Å². The number of carboxylic acids is 1. The molecule has 0 radical (unpaired) electrons. The molecule has 2 unspecified atom stereocenters. The highest BCUT2D eigenvalue weighted by Crippen LogP contribution is 2.29. The Labute approximate surface area is 125 Å². The highest BCUT2D eigenvalue weighted by Gasteiger charge is 2.35. The van der Waals surface area contributed by atoms with Crippen molar-refractivity contribution in [1.82, 2.24) is 5.32 Å². The molecule has 112 valence electrons. The van der Waals surface area contributed by atoms with Gasteiger partial charge in [-0.25, -0.2) is 0 Å². The molecule has 8 heteroatoms. The van der Waals surface area contributed by atoms with E-state index in [9.17, 15) is 19.7 Å². The minimum atomic E-state index is -0.980. The molecule has 1 aliphatic carbocycles. The van der Waals surface area contributed by atoms with E-state index in [0.717, 1.165) is 0 Å². The Balaban J connectivity index is 2.25. The average Bonchev–Trinajstić information content (AvgIpc) is 2.86. The van der Waals surface area contributed by atoms with E-state index >= 15 is 0 Å². The lowest BCUT2D eigenvalue weighted by Gasteiger charge is -2.17. The molecule has 0 saturated heterocycles. The summed E-state index contributed by atoms with van der Waals surface area (Å²) in [5.74, 6) is -2.37. The van der Waals surface area contributed by atoms with E-state index in [2.05, 4.69) is 5.32 Å². The molecule has 1 saturated carbocycles. The maximum atomic E-state index is 12.2. The number of carbonyl (C=O) groups is 2. The first kappa shape index (κ1) is 15.2. The SMILES string of the molecule is O=C(NC1CCCC1C(=O)O)c1c(Cl)cccc1[N+](=O)[O-]. The van der Waals surface area contributed by atoms with Crippen molar-refractivity contribution in [2.45, 2.75) is 25.3 Å². The number of carboxylic acid groups (broad SMARTS) is 1. The number of nitro benzene ring substituents is 1. The number of amides is 1. The number of nitrogens with zero attached hydrogens (tertiary/aromatic N) is 1. The molecule has 1 aliphatic rings. The fourth-order valence-corrected chi connectivity index (χ4v) is 2.81. The van der Waals surface area contributed by atoms with Gasteiger partial charge in [-0.2, -0.15) is 0 Å². The molecule has 1 fully saturated rings. The molecule has 0 aliphatic heterocycles. The molecular weight excluding hydrogens is 300 g/mol. The number of nitrogens with one attached hydrogen (secondary N) is 1. The number of benzene rings is 1. The first-order valence-corrected chi connectivity index (χ1v) is 6.76. The van der Waals surface area contributed by atoms with Gasteiger partial charge in [0, 0.05) is 12.1 Å². The van der Waals surface area contributed by atoms with Gasteiger partial charge in [0.05, 0.1) is 15.9 Å². The largest absolute Gasteiger partial charge is 0.481 e. The first-order valence-electron chi connectivity index (χ1n) is 6.38. The molecule has 1 aromatic carbocycles. The van der Waals surface area contributed by atoms with Crippen LogP contribution in [0.4, 0.5) is 5.69 Å². The van der Waals surface area contributed by atoms with Gasteiger partial charge in [0.15, 0.2) is 0 Å². The second-order valence-corrected chi connectivity index (χ2v) is 5.25. The van der Waals surface area contributed by atoms with Gasteiger partial charge in [-0.3, -0.25) is 19.7 Å². The molecule has 1 amide bonds. The summed E-state index contributed by atoms with van der Waals surface area (Å²) in [7, 11) is 0. The third-order valence-electron chi connectivity index (χ3n) is 3.57. The summed E-state index contributed by atoms with van der Waals surface area (Å²) < 4.78 is 0. The Kier molecular flexibility index (Phi) is 4.42. The highest BCUT2D eigenvalue weighted by molar-refractivity contribution is 6.34. The van der Waals surface area contributed by atoms with Gasteiger partial charge < -0.3 is 10.4 Å². The number of hydrogen-bond donors (Lipinski definition) is 2. The summed E-state index contributed by atoms with van der Waals surface area (Å²) in [5, 5.41) is 22.6. The van der Waals surface area contributed by atoms with E-state index in [1.165, 1.54) is 18.2 Å². The summed E-state index contributed by atoms with van der Waals surface area (Å²) in [6, 6.07) is 3.41. The summed E-state index contributed by atoms with van der Waals surface area (Å²) in [6.07, 6.45) is 1.69. The van der Waals surface area contributed by atoms with Crippen molar-refractivity contribution >= 4 is 29.2 Å². The zero-order valence-corrected chi connectivity index (χ0v) is 11.7. The van der Waals surface area contributed by atoms with Crippen molar-refractivity contribution in [2.24, 2.45) is 5.92 Å². The topological polar surface area (TPSA) is 110 Å². The van der Waals surface area contributed by atoms with Crippen molar-refractivity contribution in [3.8, 4) is 0 Å². The van der Waals surface area contributed by atoms with Gasteiger partial charge in [-0.05, 0) is 18.9 Å². The number of rotatable bonds is 4. The number of nitro groups is 1. The summed E-state index contributed by atoms with van der Waals surface area (Å²) in [4.78, 5) is 33.6. The average molecular weight is 313 g/mol. The third-order valence-corrected chi connectivity index (χ3v) is 3.88. The zero-order chi connectivity index (χ0) is 15.6. The van der Waals surface area contributed by atoms with Crippen LogP contribution in [0.2, 0.25) is 5.02 Å². The van der Waals surface area contributed by atoms with Crippen LogP contribution in [-0.4, -0.2) is 27.9 Å². The second-order valence-electron chi connectivity index (χ2n) is 4.85. The van der Waals surface area contributed by atoms with Crippen LogP contribution < -0.4 is 5.32 Å². The Morgan fingerprint density at radius 1 is 1.38 bits per heavy atom. The minimum Gasteiger partial charge on any atom is -0.481 e. The predicted molar refractivity (Wildman–Crippen MR) is 74.3 cm³/mol. The molecule has 0 spiro atoms. The second kappa shape index (κ2) is 6.09. The standard InChI is InChI=1S/C13H13ClN2O5/c14-8-4-2-6-10(16(20)21)11(8)12(17)15-9-5-1-3-7(9)13(18)19/h2,4,6-7,9H,1,3,5H2,(H,15,17)(H,18,19). The van der Waals surface area contributed by atoms with Crippen molar-refractivity contribution < 1.29 is 19.6 Å². The smallest absolute Gasteiger partial charge is 0.308 e. The molecule has 0 aromatic heterocycles. The maximum Gasteiger partial charge on any atom is 0.308 e. The van der Waals surface area contributed by atoms with Crippen LogP contribution >= 0.6 is 11.6 Å². The Hall–Kier alpha value is -2.15. The molecule has 2 N–H and O–H groups in total. The summed E-state index contributed by atoms with van der Waals surface area (Å²) in [5.41, 5.74) is -0.634. The molecule has 2 rings (SSSR count). The van der Waals surface area contributed by atoms with E-state index in [-0.39, 0.29) is 10.6 Å². The predicted octanol–water partition coefficient (Wildman–Crippen LogP) is 2.23. The fraction of sp³-hybridized carbons (Fsp3) is 0.385. The molecule has 1 aromatic rings. The zero-order valence-electron chi connectivity index (χ0n) is 10.9. The van der Waals surface area contributed by atoms with E-state index in [4.69, 9.17) is 16.7 Å². The Morgan fingerprint density at radius 3 is 2.71 bits per heavy atom. The quantitative estimate of drug-likeness (QED) is 0.654. The van der Waals surface area contributed by atoms with Crippen LogP contribution in [0.1, 0.15) is 29.6 Å². The number of halogens is 1. The van der Waals surface area contributed by atoms with Crippen molar-refractivity contribution in [1.29, 1.82) is 0 Å². The molecule has 7 nitrogen and oxygen atoms in total. The third kappa shape index (κ3) is 3.13. The van der Waals surface area contributed by atoms with E-state index in [1.54, 1.807) is 0 Å². The number of carbonyl (C=O) groups excluding carboxylic acids is 1. The lowest BCUT2D eigenvalue weighted by Crippen LogP contribution is -2.40. The van der Waals surface area contributed by atoms with Crippen LogP contribution in [0.25, 0.3) is 0 Å². The van der Waals surface area contributed by atoms with Crippen molar-refractivity contribution in [3.63, 3.8) is 0 Å². The molecule has 0 bridgehead atoms. The van der Waals surface area contributed by atoms with Gasteiger partial charge in [0.2, 0.25) is 0 Å². The van der Waals surface area contributed by atoms with Gasteiger partial charge in [0.25, 0.3) is 11.6 Å². The van der Waals surface area contributed by atoms with Crippen LogP contribution in [0, 0.1) is 16.0 Å². The lowest BCUT2D eigenvalue weighted by molar-refractivity contribution is -0.385. The van der Waals surface area contributed by atoms with Gasteiger partial charge >= 0.3 is 5.97 Å². The molecular formula is C13H13ClN2O5. The van der Waals surface area contributed by atoms with Crippen molar-refractivity contribution in [3.05, 3.63) is 38.9 Å². The molecule has 0 heterocycles. The Bertz CT molecular complexity index is 604. The van der Waals surface area contributed by atoms with E-state index in [1.807, 2.05) is 0 Å². The monoisotopic (exact) mass is 312 g/mol. The first-order chi connectivity index (χ1) is 9.91.